The Hall–Kier alpha value is -6.12. The monoisotopic (exact) mass is 618 g/mol. The Morgan fingerprint density at radius 2 is 0.583 bits per heavy atom. The molecule has 228 valence electrons. The number of hydrogen-bond acceptors (Lipinski definition) is 0. The topological polar surface area (TPSA) is 22.6 Å². The van der Waals surface area contributed by atoms with E-state index in [0.717, 1.165) is 56.4 Å². The van der Waals surface area contributed by atoms with Crippen molar-refractivity contribution in [2.75, 3.05) is 0 Å². The molecule has 48 heavy (non-hydrogen) atoms. The fourth-order valence-electron chi connectivity index (χ4n) is 6.60. The van der Waals surface area contributed by atoms with Gasteiger partial charge in [-0.2, -0.15) is 0 Å². The number of allylic oxidation sites excluding steroid dienone is 10. The molecule has 0 atom stereocenters. The molecule has 0 amide bonds. The number of benzene rings is 4. The predicted molar refractivity (Wildman–Crippen MR) is 198 cm³/mol. The summed E-state index contributed by atoms with van der Waals surface area (Å²) in [7, 11) is 0. The van der Waals surface area contributed by atoms with Crippen LogP contribution in [0, 0.1) is 11.8 Å². The van der Waals surface area contributed by atoms with Gasteiger partial charge in [0.1, 0.15) is 0 Å². The highest BCUT2D eigenvalue weighted by atomic mass is 16.3. The van der Waals surface area contributed by atoms with E-state index in [1.54, 1.807) is 0 Å². The summed E-state index contributed by atoms with van der Waals surface area (Å²) in [5, 5.41) is 0. The SMILES string of the molecule is C1=CC(/C(=C(\c2cc(-c3ccccc3)[o+]c(-c3ccccc3)c2)C2C=CC=C2)c2cc(-c3ccccc3)[o+]c(-c3ccccc3)c2)C=C1. The second-order valence-electron chi connectivity index (χ2n) is 12.0. The molecular formula is C46H34O2+2. The molecule has 0 N–H and O–H groups in total. The molecule has 8 rings (SSSR count). The van der Waals surface area contributed by atoms with Crippen LogP contribution in [-0.4, -0.2) is 0 Å². The third kappa shape index (κ3) is 6.04. The molecule has 2 heterocycles. The first kappa shape index (κ1) is 29.3. The van der Waals surface area contributed by atoms with Crippen molar-refractivity contribution >= 4 is 11.1 Å². The normalized spacial score (nSPS) is 14.5. The molecule has 2 nitrogen and oxygen atoms in total. The molecule has 0 spiro atoms. The molecule has 4 aromatic carbocycles. The predicted octanol–water partition coefficient (Wildman–Crippen LogP) is 12.5. The van der Waals surface area contributed by atoms with Crippen LogP contribution in [-0.2, 0) is 0 Å². The zero-order valence-corrected chi connectivity index (χ0v) is 26.4. The van der Waals surface area contributed by atoms with Crippen LogP contribution in [0.3, 0.4) is 0 Å². The van der Waals surface area contributed by atoms with Crippen LogP contribution >= 0.6 is 0 Å². The van der Waals surface area contributed by atoms with Gasteiger partial charge in [-0.15, -0.1) is 0 Å². The first-order chi connectivity index (χ1) is 23.8. The summed E-state index contributed by atoms with van der Waals surface area (Å²) in [6.45, 7) is 0. The Balaban J connectivity index is 1.44. The number of hydrogen-bond donors (Lipinski definition) is 0. The minimum atomic E-state index is 0.0644. The smallest absolute Gasteiger partial charge is 0.207 e. The Morgan fingerprint density at radius 1 is 0.333 bits per heavy atom. The largest absolute Gasteiger partial charge is 0.361 e. The zero-order valence-electron chi connectivity index (χ0n) is 26.4. The van der Waals surface area contributed by atoms with Crippen LogP contribution in [0.1, 0.15) is 11.1 Å². The summed E-state index contributed by atoms with van der Waals surface area (Å²) in [5.74, 6) is 3.43. The molecule has 2 aromatic heterocycles. The lowest BCUT2D eigenvalue weighted by atomic mass is 9.80. The molecule has 0 fully saturated rings. The summed E-state index contributed by atoms with van der Waals surface area (Å²) in [6.07, 6.45) is 17.8. The molecule has 0 unspecified atom stereocenters. The van der Waals surface area contributed by atoms with Crippen LogP contribution < -0.4 is 0 Å². The lowest BCUT2D eigenvalue weighted by Gasteiger charge is -2.22. The fourth-order valence-corrected chi connectivity index (χ4v) is 6.60. The van der Waals surface area contributed by atoms with Crippen molar-refractivity contribution in [2.24, 2.45) is 11.8 Å². The van der Waals surface area contributed by atoms with Crippen molar-refractivity contribution < 1.29 is 8.83 Å². The van der Waals surface area contributed by atoms with Gasteiger partial charge in [-0.25, -0.2) is 8.83 Å². The highest BCUT2D eigenvalue weighted by Gasteiger charge is 2.31. The van der Waals surface area contributed by atoms with E-state index < -0.39 is 0 Å². The van der Waals surface area contributed by atoms with Gasteiger partial charge in [-0.3, -0.25) is 0 Å². The van der Waals surface area contributed by atoms with Gasteiger partial charge in [-0.05, 0) is 70.8 Å². The van der Waals surface area contributed by atoms with Crippen LogP contribution in [0.25, 0.3) is 56.4 Å². The average Bonchev–Trinajstić information content (AvgIpc) is 3.91. The van der Waals surface area contributed by atoms with Gasteiger partial charge in [0, 0.05) is 11.8 Å². The molecular weight excluding hydrogens is 585 g/mol. The van der Waals surface area contributed by atoms with Crippen molar-refractivity contribution in [1.82, 2.24) is 0 Å². The summed E-state index contributed by atoms with van der Waals surface area (Å²) in [6, 6.07) is 50.3. The zero-order chi connectivity index (χ0) is 32.1. The highest BCUT2D eigenvalue weighted by molar-refractivity contribution is 5.97. The third-order valence-corrected chi connectivity index (χ3v) is 8.89. The minimum absolute atomic E-state index is 0.0644. The first-order valence-corrected chi connectivity index (χ1v) is 16.4. The van der Waals surface area contributed by atoms with E-state index in [9.17, 15) is 0 Å². The Morgan fingerprint density at radius 3 is 0.833 bits per heavy atom. The van der Waals surface area contributed by atoms with Gasteiger partial charge in [0.15, 0.2) is 0 Å². The summed E-state index contributed by atoms with van der Waals surface area (Å²) in [5.41, 5.74) is 8.84. The van der Waals surface area contributed by atoms with E-state index in [1.165, 1.54) is 11.1 Å². The molecule has 0 saturated carbocycles. The van der Waals surface area contributed by atoms with Gasteiger partial charge in [-0.1, -0.05) is 121 Å². The van der Waals surface area contributed by atoms with Crippen LogP contribution in [0.5, 0.6) is 0 Å². The molecule has 0 aliphatic heterocycles. The maximum Gasteiger partial charge on any atom is 0.361 e. The van der Waals surface area contributed by atoms with Crippen molar-refractivity contribution in [3.8, 4) is 45.3 Å². The molecule has 0 saturated heterocycles. The van der Waals surface area contributed by atoms with Gasteiger partial charge in [0.25, 0.3) is 0 Å². The Bertz CT molecular complexity index is 1910. The maximum atomic E-state index is 6.67. The van der Waals surface area contributed by atoms with Gasteiger partial charge in [0.2, 0.25) is 0 Å². The molecule has 2 heteroatoms. The van der Waals surface area contributed by atoms with E-state index >= 15 is 0 Å². The van der Waals surface area contributed by atoms with Gasteiger partial charge >= 0.3 is 23.0 Å². The van der Waals surface area contributed by atoms with Crippen LogP contribution in [0.4, 0.5) is 0 Å². The first-order valence-electron chi connectivity index (χ1n) is 16.4. The summed E-state index contributed by atoms with van der Waals surface area (Å²) >= 11 is 0. The summed E-state index contributed by atoms with van der Waals surface area (Å²) in [4.78, 5) is 0. The third-order valence-electron chi connectivity index (χ3n) is 8.89. The molecule has 0 radical (unpaired) electrons. The van der Waals surface area contributed by atoms with Gasteiger partial charge in [0.05, 0.1) is 46.5 Å². The summed E-state index contributed by atoms with van der Waals surface area (Å²) < 4.78 is 13.3. The molecule has 2 aliphatic rings. The van der Waals surface area contributed by atoms with Crippen molar-refractivity contribution in [3.63, 3.8) is 0 Å². The fraction of sp³-hybridized carbons (Fsp3) is 0.0435. The van der Waals surface area contributed by atoms with Crippen LogP contribution in [0.15, 0.2) is 203 Å². The second kappa shape index (κ2) is 13.3. The van der Waals surface area contributed by atoms with E-state index in [4.69, 9.17) is 8.83 Å². The van der Waals surface area contributed by atoms with Crippen molar-refractivity contribution in [1.29, 1.82) is 0 Å². The lowest BCUT2D eigenvalue weighted by molar-refractivity contribution is 0.580. The number of rotatable bonds is 8. The van der Waals surface area contributed by atoms with E-state index in [0.29, 0.717) is 0 Å². The van der Waals surface area contributed by atoms with Crippen LogP contribution in [0.2, 0.25) is 0 Å². The molecule has 0 bridgehead atoms. The standard InChI is InChI=1S/C46H34O2/c1-5-17-33(18-6-1)41-29-39(30-42(47-41)34-19-7-2-8-20-34)45(37-25-13-14-26-37)46(38-27-15-16-28-38)40-31-43(35-21-9-3-10-22-35)48-44(32-40)36-23-11-4-12-24-36/h1-32,37-38H/q+2/b46-45+. The Labute approximate surface area is 281 Å². The van der Waals surface area contributed by atoms with Crippen molar-refractivity contribution in [2.45, 2.75) is 0 Å². The Kier molecular flexibility index (Phi) is 8.13. The average molecular weight is 619 g/mol. The van der Waals surface area contributed by atoms with Crippen molar-refractivity contribution in [3.05, 3.63) is 205 Å². The van der Waals surface area contributed by atoms with E-state index in [1.807, 2.05) is 24.3 Å². The molecule has 6 aromatic rings. The molecule has 2 aliphatic carbocycles. The van der Waals surface area contributed by atoms with Gasteiger partial charge < -0.3 is 0 Å². The second-order valence-corrected chi connectivity index (χ2v) is 12.0. The quantitative estimate of drug-likeness (QED) is 0.158. The van der Waals surface area contributed by atoms with E-state index in [2.05, 4.69) is 170 Å². The lowest BCUT2D eigenvalue weighted by Crippen LogP contribution is -2.07. The maximum absolute atomic E-state index is 6.67. The minimum Gasteiger partial charge on any atom is -0.207 e. The highest BCUT2D eigenvalue weighted by Crippen LogP contribution is 2.45. The van der Waals surface area contributed by atoms with E-state index in [-0.39, 0.29) is 11.8 Å².